The third kappa shape index (κ3) is 4.49. The molecular weight excluding hydrogens is 358 g/mol. The van der Waals surface area contributed by atoms with Crippen LogP contribution in [0.5, 0.6) is 0 Å². The summed E-state index contributed by atoms with van der Waals surface area (Å²) in [6.07, 6.45) is 3.15. The molecule has 2 aromatic carbocycles. The lowest BCUT2D eigenvalue weighted by Gasteiger charge is -2.39. The lowest BCUT2D eigenvalue weighted by molar-refractivity contribution is 0.0403. The van der Waals surface area contributed by atoms with Crippen molar-refractivity contribution in [1.29, 1.82) is 0 Å². The number of sulfonamides is 1. The van der Waals surface area contributed by atoms with Gasteiger partial charge in [0, 0.05) is 6.54 Å². The van der Waals surface area contributed by atoms with Gasteiger partial charge >= 0.3 is 0 Å². The number of aryl methyl sites for hydroxylation is 1. The van der Waals surface area contributed by atoms with Crippen molar-refractivity contribution in [3.05, 3.63) is 78.4 Å². The molecule has 0 bridgehead atoms. The topological polar surface area (TPSA) is 57.6 Å². The minimum atomic E-state index is -3.73. The molecule has 3 atom stereocenters. The number of aliphatic hydroxyl groups is 1. The second-order valence-corrected chi connectivity index (χ2v) is 9.18. The molecule has 1 saturated carbocycles. The predicted octanol–water partition coefficient (Wildman–Crippen LogP) is 3.90. The molecule has 0 saturated heterocycles. The summed E-state index contributed by atoms with van der Waals surface area (Å²) in [5.74, 6) is 0.233. The van der Waals surface area contributed by atoms with E-state index in [-0.39, 0.29) is 17.4 Å². The summed E-state index contributed by atoms with van der Waals surface area (Å²) in [5.41, 5.74) is 1.92. The van der Waals surface area contributed by atoms with Gasteiger partial charge in [-0.25, -0.2) is 8.42 Å². The zero-order valence-electron chi connectivity index (χ0n) is 15.7. The van der Waals surface area contributed by atoms with Gasteiger partial charge in [0.25, 0.3) is 0 Å². The van der Waals surface area contributed by atoms with Crippen LogP contribution in [0.4, 0.5) is 0 Å². The number of nitrogens with zero attached hydrogens (tertiary/aromatic N) is 1. The molecule has 5 heteroatoms. The Balaban J connectivity index is 1.96. The number of benzene rings is 2. The van der Waals surface area contributed by atoms with Gasteiger partial charge in [-0.15, -0.1) is 6.58 Å². The first-order valence-electron chi connectivity index (χ1n) is 9.35. The molecule has 0 aliphatic heterocycles. The zero-order valence-corrected chi connectivity index (χ0v) is 16.5. The fourth-order valence-electron chi connectivity index (χ4n) is 3.70. The number of hydrogen-bond acceptors (Lipinski definition) is 3. The van der Waals surface area contributed by atoms with Gasteiger partial charge in [0.2, 0.25) is 10.0 Å². The van der Waals surface area contributed by atoms with Crippen LogP contribution < -0.4 is 0 Å². The molecule has 1 aliphatic carbocycles. The van der Waals surface area contributed by atoms with Crippen molar-refractivity contribution >= 4 is 10.0 Å². The maximum atomic E-state index is 13.4. The van der Waals surface area contributed by atoms with E-state index in [9.17, 15) is 13.5 Å². The highest BCUT2D eigenvalue weighted by Gasteiger charge is 2.38. The van der Waals surface area contributed by atoms with E-state index in [0.717, 1.165) is 17.5 Å². The van der Waals surface area contributed by atoms with E-state index in [1.807, 2.05) is 43.3 Å². The second kappa shape index (κ2) is 8.38. The minimum Gasteiger partial charge on any atom is -0.391 e. The van der Waals surface area contributed by atoms with Gasteiger partial charge in [-0.05, 0) is 49.8 Å². The molecule has 3 rings (SSSR count). The van der Waals surface area contributed by atoms with Gasteiger partial charge in [-0.1, -0.05) is 54.1 Å². The highest BCUT2D eigenvalue weighted by Crippen LogP contribution is 2.33. The van der Waals surface area contributed by atoms with Gasteiger partial charge in [0.15, 0.2) is 0 Å². The van der Waals surface area contributed by atoms with Crippen LogP contribution in [0.2, 0.25) is 0 Å². The van der Waals surface area contributed by atoms with Crippen LogP contribution in [0.3, 0.4) is 0 Å². The molecule has 0 spiro atoms. The van der Waals surface area contributed by atoms with Crippen LogP contribution in [0.15, 0.2) is 72.1 Å². The Bertz CT molecular complexity index is 862. The molecule has 0 unspecified atom stereocenters. The molecule has 1 N–H and O–H groups in total. The molecule has 1 aliphatic rings. The Morgan fingerprint density at radius 3 is 2.37 bits per heavy atom. The molecule has 4 nitrogen and oxygen atoms in total. The van der Waals surface area contributed by atoms with Crippen LogP contribution >= 0.6 is 0 Å². The Morgan fingerprint density at radius 2 is 1.78 bits per heavy atom. The van der Waals surface area contributed by atoms with E-state index >= 15 is 0 Å². The van der Waals surface area contributed by atoms with E-state index in [1.165, 1.54) is 4.31 Å². The van der Waals surface area contributed by atoms with Crippen LogP contribution in [0.1, 0.15) is 30.4 Å². The normalized spacial score (nSPS) is 23.3. The van der Waals surface area contributed by atoms with E-state index in [1.54, 1.807) is 24.3 Å². The van der Waals surface area contributed by atoms with Crippen LogP contribution in [-0.4, -0.2) is 30.0 Å². The van der Waals surface area contributed by atoms with Crippen molar-refractivity contribution in [2.75, 3.05) is 0 Å². The van der Waals surface area contributed by atoms with Crippen LogP contribution in [0.25, 0.3) is 0 Å². The summed E-state index contributed by atoms with van der Waals surface area (Å²) in [4.78, 5) is 0.266. The summed E-state index contributed by atoms with van der Waals surface area (Å²) < 4.78 is 28.4. The smallest absolute Gasteiger partial charge is 0.243 e. The quantitative estimate of drug-likeness (QED) is 0.767. The molecule has 1 fully saturated rings. The Morgan fingerprint density at radius 1 is 1.11 bits per heavy atom. The first kappa shape index (κ1) is 19.8. The Hall–Kier alpha value is -1.95. The predicted molar refractivity (Wildman–Crippen MR) is 108 cm³/mol. The van der Waals surface area contributed by atoms with Gasteiger partial charge in [0.1, 0.15) is 0 Å². The van der Waals surface area contributed by atoms with E-state index < -0.39 is 22.2 Å². The molecule has 2 aromatic rings. The maximum absolute atomic E-state index is 13.4. The van der Waals surface area contributed by atoms with Gasteiger partial charge < -0.3 is 5.11 Å². The Kier molecular flexibility index (Phi) is 6.15. The van der Waals surface area contributed by atoms with Crippen molar-refractivity contribution in [3.8, 4) is 0 Å². The molecule has 0 amide bonds. The molecule has 0 heterocycles. The lowest BCUT2D eigenvalue weighted by atomic mass is 9.84. The lowest BCUT2D eigenvalue weighted by Crippen LogP contribution is -2.49. The molecule has 0 radical (unpaired) electrons. The van der Waals surface area contributed by atoms with E-state index in [4.69, 9.17) is 0 Å². The van der Waals surface area contributed by atoms with Gasteiger partial charge in [-0.2, -0.15) is 4.31 Å². The van der Waals surface area contributed by atoms with Crippen molar-refractivity contribution < 1.29 is 13.5 Å². The maximum Gasteiger partial charge on any atom is 0.243 e. The SMILES string of the molecule is C=C[C@@H]1CC[C@H](N(Cc2ccccc2)S(=O)(=O)c2ccc(C)cc2)[C@H](O)C1. The summed E-state index contributed by atoms with van der Waals surface area (Å²) in [6.45, 7) is 5.99. The van der Waals surface area contributed by atoms with Crippen molar-refractivity contribution in [2.24, 2.45) is 5.92 Å². The number of allylic oxidation sites excluding steroid dienone is 1. The van der Waals surface area contributed by atoms with Crippen molar-refractivity contribution in [2.45, 2.75) is 49.8 Å². The fourth-order valence-corrected chi connectivity index (χ4v) is 5.37. The largest absolute Gasteiger partial charge is 0.391 e. The molecule has 0 aromatic heterocycles. The summed E-state index contributed by atoms with van der Waals surface area (Å²) in [7, 11) is -3.73. The van der Waals surface area contributed by atoms with Gasteiger partial charge in [0.05, 0.1) is 17.0 Å². The standard InChI is InChI=1S/C22H27NO3S/c1-3-18-11-14-21(22(24)15-18)23(16-19-7-5-4-6-8-19)27(25,26)20-12-9-17(2)10-13-20/h3-10,12-13,18,21-22,24H,1,11,14-16H2,2H3/t18-,21+,22-/m1/s1. The molecular formula is C22H27NO3S. The first-order valence-corrected chi connectivity index (χ1v) is 10.8. The van der Waals surface area contributed by atoms with Gasteiger partial charge in [-0.3, -0.25) is 0 Å². The van der Waals surface area contributed by atoms with E-state index in [0.29, 0.717) is 12.8 Å². The average Bonchev–Trinajstić information content (AvgIpc) is 2.67. The Labute approximate surface area is 162 Å². The summed E-state index contributed by atoms with van der Waals surface area (Å²) in [6, 6.07) is 16.0. The van der Waals surface area contributed by atoms with E-state index in [2.05, 4.69) is 6.58 Å². The zero-order chi connectivity index (χ0) is 19.4. The second-order valence-electron chi connectivity index (χ2n) is 7.29. The first-order chi connectivity index (χ1) is 12.9. The van der Waals surface area contributed by atoms with Crippen molar-refractivity contribution in [3.63, 3.8) is 0 Å². The number of aliphatic hydroxyl groups excluding tert-OH is 1. The molecule has 144 valence electrons. The molecule has 27 heavy (non-hydrogen) atoms. The number of rotatable bonds is 6. The average molecular weight is 386 g/mol. The van der Waals surface area contributed by atoms with Crippen LogP contribution in [-0.2, 0) is 16.6 Å². The monoisotopic (exact) mass is 385 g/mol. The third-order valence-corrected chi connectivity index (χ3v) is 7.22. The fraction of sp³-hybridized carbons (Fsp3) is 0.364. The summed E-state index contributed by atoms with van der Waals surface area (Å²) >= 11 is 0. The number of hydrogen-bond donors (Lipinski definition) is 1. The minimum absolute atomic E-state index is 0.233. The van der Waals surface area contributed by atoms with Crippen molar-refractivity contribution in [1.82, 2.24) is 4.31 Å². The summed E-state index contributed by atoms with van der Waals surface area (Å²) in [5, 5.41) is 10.7. The highest BCUT2D eigenvalue weighted by atomic mass is 32.2. The highest BCUT2D eigenvalue weighted by molar-refractivity contribution is 7.89. The third-order valence-electron chi connectivity index (χ3n) is 5.33. The van der Waals surface area contributed by atoms with Crippen LogP contribution in [0, 0.1) is 12.8 Å².